The Bertz CT molecular complexity index is 230. The first-order valence-electron chi connectivity index (χ1n) is 5.07. The van der Waals surface area contributed by atoms with Gasteiger partial charge in [-0.05, 0) is 27.7 Å². The SMILES string of the molecule is CC(C)(N)C(=O)N1CCNCC1(C)C. The van der Waals surface area contributed by atoms with Gasteiger partial charge < -0.3 is 16.0 Å². The lowest BCUT2D eigenvalue weighted by Crippen LogP contribution is -2.65. The molecule has 0 atom stereocenters. The van der Waals surface area contributed by atoms with Gasteiger partial charge in [0.25, 0.3) is 0 Å². The highest BCUT2D eigenvalue weighted by Gasteiger charge is 2.38. The van der Waals surface area contributed by atoms with Gasteiger partial charge in [-0.3, -0.25) is 4.79 Å². The van der Waals surface area contributed by atoms with E-state index in [2.05, 4.69) is 19.2 Å². The molecule has 0 radical (unpaired) electrons. The van der Waals surface area contributed by atoms with Crippen molar-refractivity contribution in [1.82, 2.24) is 10.2 Å². The maximum atomic E-state index is 12.0. The summed E-state index contributed by atoms with van der Waals surface area (Å²) < 4.78 is 0. The van der Waals surface area contributed by atoms with Crippen LogP contribution in [0.3, 0.4) is 0 Å². The summed E-state index contributed by atoms with van der Waals surface area (Å²) in [5, 5.41) is 3.28. The van der Waals surface area contributed by atoms with Crippen molar-refractivity contribution in [2.24, 2.45) is 5.73 Å². The van der Waals surface area contributed by atoms with Gasteiger partial charge in [0.1, 0.15) is 0 Å². The maximum Gasteiger partial charge on any atom is 0.242 e. The molecule has 1 saturated heterocycles. The van der Waals surface area contributed by atoms with E-state index >= 15 is 0 Å². The second-order valence-corrected chi connectivity index (χ2v) is 5.17. The van der Waals surface area contributed by atoms with Gasteiger partial charge >= 0.3 is 0 Å². The Kier molecular flexibility index (Phi) is 2.88. The van der Waals surface area contributed by atoms with Crippen LogP contribution in [0.25, 0.3) is 0 Å². The summed E-state index contributed by atoms with van der Waals surface area (Å²) in [5.74, 6) is 0.0315. The molecule has 0 aliphatic carbocycles. The van der Waals surface area contributed by atoms with E-state index in [1.54, 1.807) is 13.8 Å². The molecule has 0 spiro atoms. The first-order chi connectivity index (χ1) is 6.25. The Morgan fingerprint density at radius 3 is 2.50 bits per heavy atom. The molecule has 0 bridgehead atoms. The second kappa shape index (κ2) is 3.51. The molecule has 1 fully saturated rings. The van der Waals surface area contributed by atoms with Gasteiger partial charge in [0, 0.05) is 25.2 Å². The zero-order valence-electron chi connectivity index (χ0n) is 9.55. The minimum atomic E-state index is -0.769. The number of carbonyl (C=O) groups is 1. The van der Waals surface area contributed by atoms with Gasteiger partial charge in [-0.2, -0.15) is 0 Å². The molecule has 0 aromatic carbocycles. The quantitative estimate of drug-likeness (QED) is 0.622. The van der Waals surface area contributed by atoms with E-state index in [4.69, 9.17) is 5.73 Å². The van der Waals surface area contributed by atoms with Crippen LogP contribution in [0.4, 0.5) is 0 Å². The summed E-state index contributed by atoms with van der Waals surface area (Å²) in [6.45, 7) is 10.1. The highest BCUT2D eigenvalue weighted by Crippen LogP contribution is 2.19. The van der Waals surface area contributed by atoms with E-state index in [0.717, 1.165) is 19.6 Å². The molecule has 1 heterocycles. The van der Waals surface area contributed by atoms with Crippen LogP contribution in [0, 0.1) is 0 Å². The Balaban J connectivity index is 2.80. The largest absolute Gasteiger partial charge is 0.333 e. The highest BCUT2D eigenvalue weighted by atomic mass is 16.2. The minimum Gasteiger partial charge on any atom is -0.333 e. The van der Waals surface area contributed by atoms with Gasteiger partial charge in [-0.15, -0.1) is 0 Å². The predicted octanol–water partition coefficient (Wildman–Crippen LogP) is -0.0659. The van der Waals surface area contributed by atoms with Crippen LogP contribution in [-0.2, 0) is 4.79 Å². The van der Waals surface area contributed by atoms with Gasteiger partial charge in [0.15, 0.2) is 0 Å². The topological polar surface area (TPSA) is 58.4 Å². The van der Waals surface area contributed by atoms with Crippen molar-refractivity contribution in [1.29, 1.82) is 0 Å². The van der Waals surface area contributed by atoms with Crippen molar-refractivity contribution in [3.05, 3.63) is 0 Å². The smallest absolute Gasteiger partial charge is 0.242 e. The monoisotopic (exact) mass is 199 g/mol. The van der Waals surface area contributed by atoms with Gasteiger partial charge in [0.2, 0.25) is 5.91 Å². The zero-order valence-corrected chi connectivity index (χ0v) is 9.55. The molecule has 1 aliphatic heterocycles. The number of nitrogens with two attached hydrogens (primary N) is 1. The van der Waals surface area contributed by atoms with Crippen LogP contribution >= 0.6 is 0 Å². The summed E-state index contributed by atoms with van der Waals surface area (Å²) in [7, 11) is 0. The molecule has 0 saturated carbocycles. The number of carbonyl (C=O) groups excluding carboxylic acids is 1. The van der Waals surface area contributed by atoms with E-state index < -0.39 is 5.54 Å². The summed E-state index contributed by atoms with van der Waals surface area (Å²) in [5.41, 5.74) is 4.92. The number of hydrogen-bond donors (Lipinski definition) is 2. The second-order valence-electron chi connectivity index (χ2n) is 5.17. The van der Waals surface area contributed by atoms with Crippen molar-refractivity contribution in [2.45, 2.75) is 38.8 Å². The van der Waals surface area contributed by atoms with Crippen LogP contribution in [0.15, 0.2) is 0 Å². The lowest BCUT2D eigenvalue weighted by Gasteiger charge is -2.45. The third-order valence-corrected chi connectivity index (χ3v) is 2.60. The van der Waals surface area contributed by atoms with Crippen LogP contribution < -0.4 is 11.1 Å². The molecular weight excluding hydrogens is 178 g/mol. The summed E-state index contributed by atoms with van der Waals surface area (Å²) in [4.78, 5) is 13.9. The first kappa shape index (κ1) is 11.5. The number of nitrogens with zero attached hydrogens (tertiary/aromatic N) is 1. The fourth-order valence-electron chi connectivity index (χ4n) is 1.71. The van der Waals surface area contributed by atoms with Crippen molar-refractivity contribution in [2.75, 3.05) is 19.6 Å². The number of nitrogens with one attached hydrogen (secondary N) is 1. The first-order valence-corrected chi connectivity index (χ1v) is 5.07. The molecule has 1 rings (SSSR count). The molecule has 4 heteroatoms. The molecule has 1 aliphatic rings. The number of rotatable bonds is 1. The number of piperazine rings is 1. The Labute approximate surface area is 85.8 Å². The van der Waals surface area contributed by atoms with Crippen LogP contribution in [0.5, 0.6) is 0 Å². The van der Waals surface area contributed by atoms with Crippen molar-refractivity contribution < 1.29 is 4.79 Å². The van der Waals surface area contributed by atoms with Crippen LogP contribution in [0.2, 0.25) is 0 Å². The van der Waals surface area contributed by atoms with Gasteiger partial charge in [0.05, 0.1) is 5.54 Å². The lowest BCUT2D eigenvalue weighted by molar-refractivity contribution is -0.142. The third-order valence-electron chi connectivity index (χ3n) is 2.60. The number of amides is 1. The van der Waals surface area contributed by atoms with Crippen LogP contribution in [-0.4, -0.2) is 41.5 Å². The van der Waals surface area contributed by atoms with E-state index in [-0.39, 0.29) is 11.4 Å². The van der Waals surface area contributed by atoms with Gasteiger partial charge in [-0.1, -0.05) is 0 Å². The molecule has 4 nitrogen and oxygen atoms in total. The summed E-state index contributed by atoms with van der Waals surface area (Å²) in [6.07, 6.45) is 0. The molecule has 1 amide bonds. The molecule has 0 aromatic heterocycles. The molecule has 3 N–H and O–H groups in total. The van der Waals surface area contributed by atoms with Crippen LogP contribution in [0.1, 0.15) is 27.7 Å². The standard InChI is InChI=1S/C10H21N3O/c1-9(2)7-12-5-6-13(9)8(14)10(3,4)11/h12H,5-7,11H2,1-4H3. The van der Waals surface area contributed by atoms with Gasteiger partial charge in [-0.25, -0.2) is 0 Å². The Hall–Kier alpha value is -0.610. The molecule has 0 aromatic rings. The number of hydrogen-bond acceptors (Lipinski definition) is 3. The van der Waals surface area contributed by atoms with E-state index in [1.165, 1.54) is 0 Å². The minimum absolute atomic E-state index is 0.0315. The highest BCUT2D eigenvalue weighted by molar-refractivity contribution is 5.86. The fraction of sp³-hybridized carbons (Fsp3) is 0.900. The molecule has 0 unspecified atom stereocenters. The predicted molar refractivity (Wildman–Crippen MR) is 56.9 cm³/mol. The maximum absolute atomic E-state index is 12.0. The molecular formula is C10H21N3O. The summed E-state index contributed by atoms with van der Waals surface area (Å²) >= 11 is 0. The van der Waals surface area contributed by atoms with E-state index in [1.807, 2.05) is 4.90 Å². The van der Waals surface area contributed by atoms with E-state index in [0.29, 0.717) is 0 Å². The van der Waals surface area contributed by atoms with Crippen molar-refractivity contribution >= 4 is 5.91 Å². The average Bonchev–Trinajstić information content (AvgIpc) is 2.00. The zero-order chi connectivity index (χ0) is 11.0. The average molecular weight is 199 g/mol. The lowest BCUT2D eigenvalue weighted by atomic mass is 9.95. The summed E-state index contributed by atoms with van der Waals surface area (Å²) in [6, 6.07) is 0. The molecule has 14 heavy (non-hydrogen) atoms. The normalized spacial score (nSPS) is 22.2. The van der Waals surface area contributed by atoms with Crippen molar-refractivity contribution in [3.63, 3.8) is 0 Å². The Morgan fingerprint density at radius 1 is 1.50 bits per heavy atom. The Morgan fingerprint density at radius 2 is 2.07 bits per heavy atom. The molecule has 82 valence electrons. The van der Waals surface area contributed by atoms with E-state index in [9.17, 15) is 4.79 Å². The van der Waals surface area contributed by atoms with Crippen molar-refractivity contribution in [3.8, 4) is 0 Å². The third kappa shape index (κ3) is 2.25. The fourth-order valence-corrected chi connectivity index (χ4v) is 1.71.